The first-order valence-electron chi connectivity index (χ1n) is 12.0. The number of unbranched alkanes of at least 4 members (excludes halogenated alkanes) is 5. The van der Waals surface area contributed by atoms with E-state index in [1.165, 1.54) is 54.4 Å². The van der Waals surface area contributed by atoms with Crippen molar-refractivity contribution in [1.29, 1.82) is 0 Å². The van der Waals surface area contributed by atoms with Gasteiger partial charge in [0.15, 0.2) is 0 Å². The Balaban J connectivity index is 1.40. The second-order valence-corrected chi connectivity index (χ2v) is 8.36. The van der Waals surface area contributed by atoms with Crippen LogP contribution < -0.4 is 4.74 Å². The van der Waals surface area contributed by atoms with E-state index in [-0.39, 0.29) is 0 Å². The molecule has 0 radical (unpaired) electrons. The Hall–Kier alpha value is -2.61. The van der Waals surface area contributed by atoms with Crippen LogP contribution in [0.25, 0.3) is 11.3 Å². The molecule has 0 unspecified atom stereocenters. The van der Waals surface area contributed by atoms with Gasteiger partial charge in [0.25, 0.3) is 0 Å². The summed E-state index contributed by atoms with van der Waals surface area (Å²) in [5, 5.41) is 0. The van der Waals surface area contributed by atoms with E-state index in [1.54, 1.807) is 0 Å². The summed E-state index contributed by atoms with van der Waals surface area (Å²) < 4.78 is 5.89. The fourth-order valence-electron chi connectivity index (χ4n) is 3.76. The van der Waals surface area contributed by atoms with Crippen molar-refractivity contribution in [2.75, 3.05) is 6.61 Å². The highest BCUT2D eigenvalue weighted by Gasteiger charge is 2.02. The van der Waals surface area contributed by atoms with Gasteiger partial charge in [-0.1, -0.05) is 88.4 Å². The van der Waals surface area contributed by atoms with Gasteiger partial charge >= 0.3 is 0 Å². The molecular formula is C29H37NO. The van der Waals surface area contributed by atoms with Crippen LogP contribution in [0.4, 0.5) is 0 Å². The molecule has 0 N–H and O–H groups in total. The van der Waals surface area contributed by atoms with Gasteiger partial charge in [0.1, 0.15) is 5.75 Å². The molecule has 0 aliphatic heterocycles. The van der Waals surface area contributed by atoms with Crippen LogP contribution in [0.2, 0.25) is 0 Å². The third-order valence-electron chi connectivity index (χ3n) is 5.88. The van der Waals surface area contributed by atoms with Crippen LogP contribution in [0.5, 0.6) is 5.75 Å². The highest BCUT2D eigenvalue weighted by molar-refractivity contribution is 5.59. The smallest absolute Gasteiger partial charge is 0.119 e. The van der Waals surface area contributed by atoms with E-state index in [1.807, 2.05) is 6.20 Å². The van der Waals surface area contributed by atoms with Crippen molar-refractivity contribution in [2.45, 2.75) is 71.6 Å². The summed E-state index contributed by atoms with van der Waals surface area (Å²) in [7, 11) is 0. The molecule has 3 rings (SSSR count). The van der Waals surface area contributed by atoms with Gasteiger partial charge < -0.3 is 4.74 Å². The molecule has 0 fully saturated rings. The average molecular weight is 416 g/mol. The van der Waals surface area contributed by atoms with E-state index in [2.05, 4.69) is 79.5 Å². The zero-order valence-electron chi connectivity index (χ0n) is 19.3. The first-order chi connectivity index (χ1) is 15.3. The van der Waals surface area contributed by atoms with Gasteiger partial charge in [0.2, 0.25) is 0 Å². The molecule has 0 aliphatic carbocycles. The number of aromatic nitrogens is 1. The fraction of sp³-hybridized carbons (Fsp3) is 0.414. The molecule has 0 amide bonds. The summed E-state index contributed by atoms with van der Waals surface area (Å²) in [5.74, 6) is 0.989. The molecule has 2 heteroatoms. The third-order valence-corrected chi connectivity index (χ3v) is 5.88. The summed E-state index contributed by atoms with van der Waals surface area (Å²) in [6.07, 6.45) is 12.9. The van der Waals surface area contributed by atoms with Gasteiger partial charge in [-0.3, -0.25) is 4.98 Å². The molecular weight excluding hydrogens is 378 g/mol. The lowest BCUT2D eigenvalue weighted by Crippen LogP contribution is -1.98. The number of pyridine rings is 1. The van der Waals surface area contributed by atoms with Crippen molar-refractivity contribution in [3.63, 3.8) is 0 Å². The van der Waals surface area contributed by atoms with Crippen molar-refractivity contribution < 1.29 is 4.74 Å². The van der Waals surface area contributed by atoms with Crippen LogP contribution >= 0.6 is 0 Å². The second-order valence-electron chi connectivity index (χ2n) is 8.36. The fourth-order valence-corrected chi connectivity index (χ4v) is 3.76. The largest absolute Gasteiger partial charge is 0.494 e. The number of hydrogen-bond donors (Lipinski definition) is 0. The Morgan fingerprint density at radius 1 is 0.645 bits per heavy atom. The molecule has 164 valence electrons. The molecule has 2 nitrogen and oxygen atoms in total. The highest BCUT2D eigenvalue weighted by Crippen LogP contribution is 2.20. The van der Waals surface area contributed by atoms with E-state index in [9.17, 15) is 0 Å². The predicted molar refractivity (Wildman–Crippen MR) is 132 cm³/mol. The molecule has 2 aromatic carbocycles. The molecule has 0 saturated heterocycles. The molecule has 0 bridgehead atoms. The lowest BCUT2D eigenvalue weighted by atomic mass is 10.0. The minimum absolute atomic E-state index is 0.827. The van der Waals surface area contributed by atoms with Crippen molar-refractivity contribution in [2.24, 2.45) is 0 Å². The van der Waals surface area contributed by atoms with Gasteiger partial charge in [-0.15, -0.1) is 0 Å². The molecule has 31 heavy (non-hydrogen) atoms. The van der Waals surface area contributed by atoms with E-state index >= 15 is 0 Å². The Kier molecular flexibility index (Phi) is 9.63. The van der Waals surface area contributed by atoms with Crippen LogP contribution in [-0.4, -0.2) is 11.6 Å². The molecule has 3 aromatic rings. The highest BCUT2D eigenvalue weighted by atomic mass is 16.5. The van der Waals surface area contributed by atoms with Crippen LogP contribution in [-0.2, 0) is 19.3 Å². The number of hydrogen-bond acceptors (Lipinski definition) is 2. The van der Waals surface area contributed by atoms with Gasteiger partial charge in [-0.05, 0) is 60.6 Å². The topological polar surface area (TPSA) is 22.1 Å². The lowest BCUT2D eigenvalue weighted by molar-refractivity contribution is 0.304. The Labute approximate surface area is 188 Å². The van der Waals surface area contributed by atoms with Crippen LogP contribution in [0, 0.1) is 0 Å². The summed E-state index contributed by atoms with van der Waals surface area (Å²) in [6, 6.07) is 21.7. The maximum absolute atomic E-state index is 5.89. The van der Waals surface area contributed by atoms with E-state index in [0.717, 1.165) is 43.7 Å². The Bertz CT molecular complexity index is 866. The van der Waals surface area contributed by atoms with Crippen molar-refractivity contribution in [3.05, 3.63) is 83.6 Å². The Morgan fingerprint density at radius 3 is 1.87 bits per heavy atom. The number of benzene rings is 2. The standard InChI is InChI=1S/C29H37NO/c1-3-5-6-7-8-9-22-31-28-19-14-26(15-20-28)11-10-25-12-17-27(18-13-25)29-21-16-24(4-2)23-30-29/h12-21,23H,3-11,22H2,1-2H3. The molecule has 0 aliphatic rings. The predicted octanol–water partition coefficient (Wildman–Crippen LogP) is 7.84. The zero-order valence-corrected chi connectivity index (χ0v) is 19.3. The van der Waals surface area contributed by atoms with Crippen molar-refractivity contribution in [3.8, 4) is 17.0 Å². The summed E-state index contributed by atoms with van der Waals surface area (Å²) in [4.78, 5) is 4.58. The van der Waals surface area contributed by atoms with Crippen LogP contribution in [0.1, 0.15) is 69.1 Å². The average Bonchev–Trinajstić information content (AvgIpc) is 2.83. The van der Waals surface area contributed by atoms with E-state index in [0.29, 0.717) is 0 Å². The van der Waals surface area contributed by atoms with E-state index < -0.39 is 0 Å². The monoisotopic (exact) mass is 415 g/mol. The first kappa shape index (κ1) is 23.1. The summed E-state index contributed by atoms with van der Waals surface area (Å²) in [6.45, 7) is 5.24. The lowest BCUT2D eigenvalue weighted by Gasteiger charge is -2.08. The van der Waals surface area contributed by atoms with Gasteiger partial charge in [-0.25, -0.2) is 0 Å². The molecule has 0 atom stereocenters. The van der Waals surface area contributed by atoms with Gasteiger partial charge in [-0.2, -0.15) is 0 Å². The van der Waals surface area contributed by atoms with Gasteiger partial charge in [0.05, 0.1) is 12.3 Å². The maximum Gasteiger partial charge on any atom is 0.119 e. The number of nitrogens with zero attached hydrogens (tertiary/aromatic N) is 1. The number of rotatable bonds is 13. The first-order valence-corrected chi connectivity index (χ1v) is 12.0. The normalized spacial score (nSPS) is 10.9. The van der Waals surface area contributed by atoms with Gasteiger partial charge in [0, 0.05) is 11.8 Å². The van der Waals surface area contributed by atoms with Crippen molar-refractivity contribution in [1.82, 2.24) is 4.98 Å². The van der Waals surface area contributed by atoms with E-state index in [4.69, 9.17) is 4.74 Å². The molecule has 1 heterocycles. The summed E-state index contributed by atoms with van der Waals surface area (Å²) in [5.41, 5.74) is 6.21. The zero-order chi connectivity index (χ0) is 21.7. The molecule has 1 aromatic heterocycles. The second kappa shape index (κ2) is 12.9. The SMILES string of the molecule is CCCCCCCCOc1ccc(CCc2ccc(-c3ccc(CC)cn3)cc2)cc1. The van der Waals surface area contributed by atoms with Crippen LogP contribution in [0.15, 0.2) is 66.9 Å². The van der Waals surface area contributed by atoms with Crippen molar-refractivity contribution >= 4 is 0 Å². The summed E-state index contributed by atoms with van der Waals surface area (Å²) >= 11 is 0. The molecule has 0 saturated carbocycles. The third kappa shape index (κ3) is 7.86. The number of ether oxygens (including phenoxy) is 1. The minimum Gasteiger partial charge on any atom is -0.494 e. The van der Waals surface area contributed by atoms with Crippen LogP contribution in [0.3, 0.4) is 0 Å². The quantitative estimate of drug-likeness (QED) is 0.265. The minimum atomic E-state index is 0.827. The molecule has 0 spiro atoms. The Morgan fingerprint density at radius 2 is 1.26 bits per heavy atom. The maximum atomic E-state index is 5.89. The number of aryl methyl sites for hydroxylation is 3.